The van der Waals surface area contributed by atoms with Gasteiger partial charge >= 0.3 is 18.0 Å². The average molecular weight is 285 g/mol. The number of nitrogens with zero attached hydrogens (tertiary/aromatic N) is 1. The van der Waals surface area contributed by atoms with Crippen LogP contribution in [0.4, 0.5) is 4.79 Å². The van der Waals surface area contributed by atoms with Crippen molar-refractivity contribution in [1.82, 2.24) is 15.6 Å². The molecule has 1 atom stereocenters. The summed E-state index contributed by atoms with van der Waals surface area (Å²) < 4.78 is 5.24. The zero-order valence-corrected chi connectivity index (χ0v) is 10.8. The Bertz CT molecular complexity index is 498. The molecule has 4 N–H and O–H groups in total. The van der Waals surface area contributed by atoms with Crippen molar-refractivity contribution in [2.24, 2.45) is 0 Å². The molecule has 0 aliphatic heterocycles. The zero-order valence-electron chi connectivity index (χ0n) is 10.8. The number of carboxylic acid groups (broad SMARTS) is 2. The first-order valence-electron chi connectivity index (χ1n) is 5.85. The molecule has 0 aliphatic carbocycles. The van der Waals surface area contributed by atoms with Gasteiger partial charge in [-0.25, -0.2) is 14.6 Å². The van der Waals surface area contributed by atoms with Crippen LogP contribution in [-0.4, -0.2) is 39.2 Å². The van der Waals surface area contributed by atoms with Crippen molar-refractivity contribution in [1.29, 1.82) is 0 Å². The Balaban J connectivity index is 2.45. The van der Waals surface area contributed by atoms with Gasteiger partial charge in [-0.2, -0.15) is 0 Å². The highest BCUT2D eigenvalue weighted by Gasteiger charge is 2.22. The second-order valence-electron chi connectivity index (χ2n) is 3.89. The largest absolute Gasteiger partial charge is 0.481 e. The Kier molecular flexibility index (Phi) is 5.51. The van der Waals surface area contributed by atoms with Crippen LogP contribution in [0.5, 0.6) is 0 Å². The lowest BCUT2D eigenvalue weighted by Gasteiger charge is -2.12. The standard InChI is InChI=1S/C11H15N3O6/c1-2-6-4-12-8(20-6)5-13-11(19)14-7(10(17)18)3-9(15)16/h4,7H,2-3,5H2,1H3,(H,15,16)(H,17,18)(H2,13,14,19)/t7-/m0/s1. The third-order valence-corrected chi connectivity index (χ3v) is 2.33. The molecular formula is C11H15N3O6. The van der Waals surface area contributed by atoms with Gasteiger partial charge in [-0.3, -0.25) is 4.79 Å². The van der Waals surface area contributed by atoms with Crippen molar-refractivity contribution in [3.63, 3.8) is 0 Å². The van der Waals surface area contributed by atoms with Gasteiger partial charge in [0, 0.05) is 6.42 Å². The van der Waals surface area contributed by atoms with E-state index in [4.69, 9.17) is 14.6 Å². The maximum Gasteiger partial charge on any atom is 0.326 e. The maximum absolute atomic E-state index is 11.4. The summed E-state index contributed by atoms with van der Waals surface area (Å²) in [6, 6.07) is -2.31. The van der Waals surface area contributed by atoms with E-state index in [0.717, 1.165) is 0 Å². The Morgan fingerprint density at radius 1 is 1.40 bits per heavy atom. The third kappa shape index (κ3) is 4.96. The van der Waals surface area contributed by atoms with Crippen molar-refractivity contribution in [3.8, 4) is 0 Å². The Morgan fingerprint density at radius 2 is 2.10 bits per heavy atom. The van der Waals surface area contributed by atoms with Gasteiger partial charge < -0.3 is 25.3 Å². The summed E-state index contributed by atoms with van der Waals surface area (Å²) in [5.41, 5.74) is 0. The number of carbonyl (C=O) groups excluding carboxylic acids is 1. The Morgan fingerprint density at radius 3 is 2.60 bits per heavy atom. The van der Waals surface area contributed by atoms with Crippen LogP contribution in [0, 0.1) is 0 Å². The second-order valence-corrected chi connectivity index (χ2v) is 3.89. The minimum absolute atomic E-state index is 0.0226. The van der Waals surface area contributed by atoms with Gasteiger partial charge in [-0.05, 0) is 0 Å². The molecule has 1 aromatic heterocycles. The number of hydrogen-bond donors (Lipinski definition) is 4. The molecule has 1 aromatic rings. The average Bonchev–Trinajstić information content (AvgIpc) is 2.83. The summed E-state index contributed by atoms with van der Waals surface area (Å²) in [6.45, 7) is 1.86. The van der Waals surface area contributed by atoms with Crippen molar-refractivity contribution < 1.29 is 29.0 Å². The molecule has 2 amide bonds. The van der Waals surface area contributed by atoms with Crippen molar-refractivity contribution in [2.45, 2.75) is 32.4 Å². The van der Waals surface area contributed by atoms with Gasteiger partial charge in [-0.1, -0.05) is 6.92 Å². The van der Waals surface area contributed by atoms with Crippen molar-refractivity contribution in [3.05, 3.63) is 17.8 Å². The van der Waals surface area contributed by atoms with E-state index in [1.54, 1.807) is 0 Å². The first-order valence-corrected chi connectivity index (χ1v) is 5.85. The number of hydrogen-bond acceptors (Lipinski definition) is 5. The van der Waals surface area contributed by atoms with Crippen LogP contribution in [0.1, 0.15) is 25.0 Å². The highest BCUT2D eigenvalue weighted by Crippen LogP contribution is 2.03. The molecule has 0 aliphatic rings. The van der Waals surface area contributed by atoms with Crippen LogP contribution in [0.2, 0.25) is 0 Å². The topological polar surface area (TPSA) is 142 Å². The molecule has 9 nitrogen and oxygen atoms in total. The number of carboxylic acids is 2. The normalized spacial score (nSPS) is 11.7. The molecule has 110 valence electrons. The zero-order chi connectivity index (χ0) is 15.1. The molecule has 1 rings (SSSR count). The van der Waals surface area contributed by atoms with Gasteiger partial charge in [0.05, 0.1) is 19.2 Å². The molecular weight excluding hydrogens is 270 g/mol. The molecule has 0 bridgehead atoms. The summed E-state index contributed by atoms with van der Waals surface area (Å²) in [6.07, 6.45) is 1.49. The maximum atomic E-state index is 11.4. The molecule has 0 unspecified atom stereocenters. The molecule has 0 radical (unpaired) electrons. The number of carbonyl (C=O) groups is 3. The molecule has 20 heavy (non-hydrogen) atoms. The molecule has 0 fully saturated rings. The van der Waals surface area contributed by atoms with E-state index in [9.17, 15) is 14.4 Å². The van der Waals surface area contributed by atoms with E-state index >= 15 is 0 Å². The second kappa shape index (κ2) is 7.12. The fraction of sp³-hybridized carbons (Fsp3) is 0.455. The molecule has 1 heterocycles. The van der Waals surface area contributed by atoms with E-state index in [2.05, 4.69) is 10.3 Å². The number of aromatic nitrogens is 1. The lowest BCUT2D eigenvalue weighted by atomic mass is 10.2. The predicted molar refractivity (Wildman–Crippen MR) is 64.9 cm³/mol. The lowest BCUT2D eigenvalue weighted by molar-refractivity contribution is -0.145. The van der Waals surface area contributed by atoms with Crippen LogP contribution in [0.15, 0.2) is 10.6 Å². The van der Waals surface area contributed by atoms with Crippen molar-refractivity contribution >= 4 is 18.0 Å². The number of nitrogens with one attached hydrogen (secondary N) is 2. The summed E-state index contributed by atoms with van der Waals surface area (Å²) in [7, 11) is 0. The van der Waals surface area contributed by atoms with Crippen LogP contribution in [0.25, 0.3) is 0 Å². The SMILES string of the molecule is CCc1cnc(CNC(=O)N[C@@H](CC(=O)O)C(=O)O)o1. The van der Waals surface area contributed by atoms with Gasteiger partial charge in [0.15, 0.2) is 0 Å². The van der Waals surface area contributed by atoms with Gasteiger partial charge in [-0.15, -0.1) is 0 Å². The van der Waals surface area contributed by atoms with Crippen LogP contribution in [0.3, 0.4) is 0 Å². The fourth-order valence-corrected chi connectivity index (χ4v) is 1.33. The number of aryl methyl sites for hydroxylation is 1. The van der Waals surface area contributed by atoms with E-state index in [-0.39, 0.29) is 12.4 Å². The van der Waals surface area contributed by atoms with Crippen LogP contribution < -0.4 is 10.6 Å². The number of urea groups is 1. The molecule has 0 spiro atoms. The molecule has 0 saturated carbocycles. The summed E-state index contributed by atoms with van der Waals surface area (Å²) in [4.78, 5) is 36.5. The lowest BCUT2D eigenvalue weighted by Crippen LogP contribution is -2.46. The van der Waals surface area contributed by atoms with Gasteiger partial charge in [0.25, 0.3) is 0 Å². The highest BCUT2D eigenvalue weighted by molar-refractivity contribution is 5.86. The smallest absolute Gasteiger partial charge is 0.326 e. The first-order chi connectivity index (χ1) is 9.42. The number of aliphatic carboxylic acids is 2. The van der Waals surface area contributed by atoms with Crippen molar-refractivity contribution in [2.75, 3.05) is 0 Å². The Labute approximate surface area is 114 Å². The molecule has 9 heteroatoms. The minimum Gasteiger partial charge on any atom is -0.481 e. The predicted octanol–water partition coefficient (Wildman–Crippen LogP) is -0.0359. The van der Waals surface area contributed by atoms with E-state index in [0.29, 0.717) is 12.2 Å². The van der Waals surface area contributed by atoms with Crippen LogP contribution in [-0.2, 0) is 22.6 Å². The van der Waals surface area contributed by atoms with Gasteiger partial charge in [0.1, 0.15) is 11.8 Å². The molecule has 0 aromatic carbocycles. The summed E-state index contributed by atoms with van der Waals surface area (Å²) in [5, 5.41) is 21.6. The molecule has 0 saturated heterocycles. The number of oxazole rings is 1. The van der Waals surface area contributed by atoms with Gasteiger partial charge in [0.2, 0.25) is 5.89 Å². The van der Waals surface area contributed by atoms with E-state index in [1.165, 1.54) is 6.20 Å². The highest BCUT2D eigenvalue weighted by atomic mass is 16.4. The minimum atomic E-state index is -1.50. The van der Waals surface area contributed by atoms with Crippen LogP contribution >= 0.6 is 0 Å². The van der Waals surface area contributed by atoms with E-state index in [1.807, 2.05) is 12.2 Å². The quantitative estimate of drug-likeness (QED) is 0.550. The monoisotopic (exact) mass is 285 g/mol. The third-order valence-electron chi connectivity index (χ3n) is 2.33. The number of amides is 2. The number of rotatable bonds is 7. The Hall–Kier alpha value is -2.58. The van der Waals surface area contributed by atoms with E-state index < -0.39 is 30.4 Å². The summed E-state index contributed by atoms with van der Waals surface area (Å²) in [5.74, 6) is -1.80. The summed E-state index contributed by atoms with van der Waals surface area (Å²) >= 11 is 0. The first kappa shape index (κ1) is 15.5. The fourth-order valence-electron chi connectivity index (χ4n) is 1.33.